The number of hydrogen-bond acceptors (Lipinski definition) is 4. The van der Waals surface area contributed by atoms with E-state index in [1.807, 2.05) is 23.6 Å². The monoisotopic (exact) mass is 300 g/mol. The van der Waals surface area contributed by atoms with E-state index in [0.717, 1.165) is 55.6 Å². The van der Waals surface area contributed by atoms with E-state index < -0.39 is 5.97 Å². The zero-order valence-corrected chi connectivity index (χ0v) is 12.7. The predicted molar refractivity (Wildman–Crippen MR) is 76.9 cm³/mol. The summed E-state index contributed by atoms with van der Waals surface area (Å²) in [5.74, 6) is -0.763. The number of carbonyl (C=O) groups is 1. The van der Waals surface area contributed by atoms with Gasteiger partial charge in [0.15, 0.2) is 0 Å². The molecule has 0 aliphatic carbocycles. The Kier molecular flexibility index (Phi) is 5.01. The molecule has 1 aromatic heterocycles. The lowest BCUT2D eigenvalue weighted by Crippen LogP contribution is -2.47. The van der Waals surface area contributed by atoms with Gasteiger partial charge in [-0.25, -0.2) is 0 Å². The second kappa shape index (κ2) is 6.56. The molecule has 2 rings (SSSR count). The lowest BCUT2D eigenvalue weighted by Gasteiger charge is -2.33. The molecule has 1 saturated heterocycles. The van der Waals surface area contributed by atoms with Crippen LogP contribution < -0.4 is 0 Å². The maximum Gasteiger partial charge on any atom is 0.317 e. The van der Waals surface area contributed by atoms with Crippen LogP contribution >= 0.6 is 11.6 Å². The maximum absolute atomic E-state index is 10.7. The van der Waals surface area contributed by atoms with Crippen LogP contribution in [0.25, 0.3) is 0 Å². The normalized spacial score (nSPS) is 17.6. The largest absolute Gasteiger partial charge is 0.480 e. The fraction of sp³-hybridized carbons (Fsp3) is 0.692. The van der Waals surface area contributed by atoms with Crippen LogP contribution in [0.3, 0.4) is 0 Å². The third-order valence-electron chi connectivity index (χ3n) is 3.70. The van der Waals surface area contributed by atoms with Crippen LogP contribution in [0.4, 0.5) is 0 Å². The summed E-state index contributed by atoms with van der Waals surface area (Å²) in [6.07, 6.45) is 0.832. The number of aliphatic carboxylic acids is 1. The van der Waals surface area contributed by atoms with E-state index in [9.17, 15) is 4.79 Å². The van der Waals surface area contributed by atoms with Crippen molar-refractivity contribution in [2.75, 3.05) is 32.7 Å². The summed E-state index contributed by atoms with van der Waals surface area (Å²) in [5.41, 5.74) is 1.98. The smallest absolute Gasteiger partial charge is 0.317 e. The van der Waals surface area contributed by atoms with E-state index in [4.69, 9.17) is 16.7 Å². The number of piperazine rings is 1. The Bertz CT molecular complexity index is 481. The fourth-order valence-electron chi connectivity index (χ4n) is 2.50. The van der Waals surface area contributed by atoms with Crippen LogP contribution in [0.15, 0.2) is 0 Å². The van der Waals surface area contributed by atoms with Gasteiger partial charge in [-0.15, -0.1) is 0 Å². The first-order chi connectivity index (χ1) is 9.51. The van der Waals surface area contributed by atoms with Crippen molar-refractivity contribution in [1.82, 2.24) is 19.6 Å². The molecule has 0 bridgehead atoms. The number of aryl methyl sites for hydroxylation is 2. The Morgan fingerprint density at radius 3 is 2.40 bits per heavy atom. The Hall–Kier alpha value is -1.11. The standard InChI is InChI=1S/C13H21ClN4O2/c1-3-10-13(14)11(16(2)15-10)8-17-4-6-18(7-5-17)9-12(19)20/h3-9H2,1-2H3,(H,19,20). The van der Waals surface area contributed by atoms with Crippen molar-refractivity contribution in [2.24, 2.45) is 7.05 Å². The molecule has 1 aliphatic rings. The molecule has 1 aromatic rings. The summed E-state index contributed by atoms with van der Waals surface area (Å²) in [4.78, 5) is 14.9. The molecule has 1 fully saturated rings. The Labute approximate surface area is 123 Å². The first-order valence-corrected chi connectivity index (χ1v) is 7.25. The second-order valence-electron chi connectivity index (χ2n) is 5.13. The van der Waals surface area contributed by atoms with Crippen molar-refractivity contribution < 1.29 is 9.90 Å². The summed E-state index contributed by atoms with van der Waals surface area (Å²) in [6.45, 7) is 6.21. The molecular formula is C13H21ClN4O2. The van der Waals surface area contributed by atoms with Gasteiger partial charge in [-0.1, -0.05) is 18.5 Å². The topological polar surface area (TPSA) is 61.6 Å². The molecule has 1 aliphatic heterocycles. The van der Waals surface area contributed by atoms with E-state index >= 15 is 0 Å². The van der Waals surface area contributed by atoms with Gasteiger partial charge in [-0.2, -0.15) is 5.10 Å². The van der Waals surface area contributed by atoms with Crippen LogP contribution in [0, 0.1) is 0 Å². The van der Waals surface area contributed by atoms with Crippen molar-refractivity contribution in [3.63, 3.8) is 0 Å². The molecule has 2 heterocycles. The summed E-state index contributed by atoms with van der Waals surface area (Å²) in [6, 6.07) is 0. The van der Waals surface area contributed by atoms with Gasteiger partial charge in [0.1, 0.15) is 0 Å². The fourth-order valence-corrected chi connectivity index (χ4v) is 2.85. The Balaban J connectivity index is 1.93. The third kappa shape index (κ3) is 3.50. The molecule has 112 valence electrons. The predicted octanol–water partition coefficient (Wildman–Crippen LogP) is 0.838. The number of aromatic nitrogens is 2. The number of rotatable bonds is 5. The van der Waals surface area contributed by atoms with Crippen LogP contribution in [0.5, 0.6) is 0 Å². The highest BCUT2D eigenvalue weighted by Crippen LogP contribution is 2.22. The SMILES string of the molecule is CCc1nn(C)c(CN2CCN(CC(=O)O)CC2)c1Cl. The number of nitrogens with zero attached hydrogens (tertiary/aromatic N) is 4. The Morgan fingerprint density at radius 1 is 1.30 bits per heavy atom. The van der Waals surface area contributed by atoms with Gasteiger partial charge in [-0.05, 0) is 6.42 Å². The highest BCUT2D eigenvalue weighted by Gasteiger charge is 2.21. The van der Waals surface area contributed by atoms with Crippen molar-refractivity contribution in [2.45, 2.75) is 19.9 Å². The molecule has 0 aromatic carbocycles. The Morgan fingerprint density at radius 2 is 1.90 bits per heavy atom. The minimum absolute atomic E-state index is 0.125. The zero-order valence-electron chi connectivity index (χ0n) is 12.0. The van der Waals surface area contributed by atoms with E-state index in [2.05, 4.69) is 10.00 Å². The van der Waals surface area contributed by atoms with Gasteiger partial charge in [0.05, 0.1) is 23.0 Å². The third-order valence-corrected chi connectivity index (χ3v) is 4.14. The van der Waals surface area contributed by atoms with Gasteiger partial charge in [0.25, 0.3) is 0 Å². The highest BCUT2D eigenvalue weighted by atomic mass is 35.5. The number of carboxylic acids is 1. The van der Waals surface area contributed by atoms with Crippen LogP contribution in [0.2, 0.25) is 5.02 Å². The average molecular weight is 301 g/mol. The van der Waals surface area contributed by atoms with Gasteiger partial charge < -0.3 is 5.11 Å². The van der Waals surface area contributed by atoms with Gasteiger partial charge in [0, 0.05) is 39.8 Å². The summed E-state index contributed by atoms with van der Waals surface area (Å²) in [7, 11) is 1.92. The van der Waals surface area contributed by atoms with Crippen molar-refractivity contribution in [3.8, 4) is 0 Å². The number of carboxylic acid groups (broad SMARTS) is 1. The molecule has 20 heavy (non-hydrogen) atoms. The van der Waals surface area contributed by atoms with Gasteiger partial charge in [0.2, 0.25) is 0 Å². The van der Waals surface area contributed by atoms with E-state index in [1.165, 1.54) is 0 Å². The lowest BCUT2D eigenvalue weighted by atomic mass is 10.2. The van der Waals surface area contributed by atoms with Crippen molar-refractivity contribution in [3.05, 3.63) is 16.4 Å². The van der Waals surface area contributed by atoms with Gasteiger partial charge in [-0.3, -0.25) is 19.3 Å². The van der Waals surface area contributed by atoms with Crippen molar-refractivity contribution >= 4 is 17.6 Å². The number of hydrogen-bond donors (Lipinski definition) is 1. The quantitative estimate of drug-likeness (QED) is 0.873. The minimum Gasteiger partial charge on any atom is -0.480 e. The summed E-state index contributed by atoms with van der Waals surface area (Å²) < 4.78 is 1.85. The van der Waals surface area contributed by atoms with E-state index in [-0.39, 0.29) is 6.54 Å². The first kappa shape index (κ1) is 15.3. The van der Waals surface area contributed by atoms with Crippen LogP contribution in [-0.4, -0.2) is 63.4 Å². The lowest BCUT2D eigenvalue weighted by molar-refractivity contribution is -0.138. The van der Waals surface area contributed by atoms with E-state index in [1.54, 1.807) is 0 Å². The molecule has 0 unspecified atom stereocenters. The van der Waals surface area contributed by atoms with Gasteiger partial charge >= 0.3 is 5.97 Å². The molecule has 0 saturated carbocycles. The summed E-state index contributed by atoms with van der Waals surface area (Å²) in [5, 5.41) is 14.0. The second-order valence-corrected chi connectivity index (χ2v) is 5.51. The molecule has 0 radical (unpaired) electrons. The average Bonchev–Trinajstić information content (AvgIpc) is 2.67. The van der Waals surface area contributed by atoms with E-state index in [0.29, 0.717) is 0 Å². The molecule has 0 spiro atoms. The molecule has 7 heteroatoms. The van der Waals surface area contributed by atoms with Crippen LogP contribution in [0.1, 0.15) is 18.3 Å². The molecule has 0 atom stereocenters. The first-order valence-electron chi connectivity index (χ1n) is 6.88. The molecular weight excluding hydrogens is 280 g/mol. The maximum atomic E-state index is 10.7. The zero-order chi connectivity index (χ0) is 14.7. The minimum atomic E-state index is -0.763. The summed E-state index contributed by atoms with van der Waals surface area (Å²) >= 11 is 6.35. The molecule has 6 nitrogen and oxygen atoms in total. The van der Waals surface area contributed by atoms with Crippen LogP contribution in [-0.2, 0) is 24.8 Å². The van der Waals surface area contributed by atoms with Crippen molar-refractivity contribution in [1.29, 1.82) is 0 Å². The molecule has 0 amide bonds. The highest BCUT2D eigenvalue weighted by molar-refractivity contribution is 6.31. The number of halogens is 1. The molecule has 1 N–H and O–H groups in total.